The number of ether oxygens (including phenoxy) is 1. The molecule has 4 aromatic rings. The summed E-state index contributed by atoms with van der Waals surface area (Å²) in [4.78, 5) is 24.3. The fourth-order valence-corrected chi connectivity index (χ4v) is 3.20. The maximum atomic E-state index is 12.3. The molecule has 0 saturated heterocycles. The van der Waals surface area contributed by atoms with Gasteiger partial charge in [0.25, 0.3) is 5.91 Å². The molecular weight excluding hydrogens is 464 g/mol. The molecule has 0 fully saturated rings. The van der Waals surface area contributed by atoms with E-state index in [0.29, 0.717) is 17.3 Å². The van der Waals surface area contributed by atoms with E-state index < -0.39 is 11.9 Å². The minimum atomic E-state index is -0.474. The van der Waals surface area contributed by atoms with Crippen molar-refractivity contribution in [3.8, 4) is 5.75 Å². The van der Waals surface area contributed by atoms with E-state index in [1.54, 1.807) is 47.3 Å². The van der Waals surface area contributed by atoms with Crippen molar-refractivity contribution in [3.63, 3.8) is 0 Å². The van der Waals surface area contributed by atoms with Crippen LogP contribution in [0.1, 0.15) is 27.2 Å². The number of nitrogens with one attached hydrogen (secondary N) is 1. The van der Waals surface area contributed by atoms with Gasteiger partial charge in [-0.15, -0.1) is 0 Å². The van der Waals surface area contributed by atoms with E-state index in [9.17, 15) is 9.59 Å². The lowest BCUT2D eigenvalue weighted by Crippen LogP contribution is -2.18. The third-order valence-electron chi connectivity index (χ3n) is 4.82. The highest BCUT2D eigenvalue weighted by molar-refractivity contribution is 6.30. The summed E-state index contributed by atoms with van der Waals surface area (Å²) in [5, 5.41) is 8.90. The summed E-state index contributed by atoms with van der Waals surface area (Å²) in [6.07, 6.45) is 6.27. The van der Waals surface area contributed by atoms with Crippen LogP contribution in [0.25, 0.3) is 6.08 Å². The predicted molar refractivity (Wildman–Crippen MR) is 135 cm³/mol. The summed E-state index contributed by atoms with van der Waals surface area (Å²) in [6, 6.07) is 25.3. The number of carbonyl (C=O) groups excluding carboxylic acids is 2. The molecule has 1 heterocycles. The summed E-state index contributed by atoms with van der Waals surface area (Å²) >= 11 is 5.90. The first-order chi connectivity index (χ1) is 17.0. The zero-order chi connectivity index (χ0) is 24.5. The molecule has 0 atom stereocenters. The van der Waals surface area contributed by atoms with Gasteiger partial charge in [-0.3, -0.25) is 9.48 Å². The molecule has 0 radical (unpaired) electrons. The second-order valence-corrected chi connectivity index (χ2v) is 7.89. The van der Waals surface area contributed by atoms with E-state index in [2.05, 4.69) is 15.6 Å². The Morgan fingerprint density at radius 2 is 1.69 bits per heavy atom. The molecule has 4 rings (SSSR count). The number of rotatable bonds is 8. The van der Waals surface area contributed by atoms with Gasteiger partial charge in [-0.1, -0.05) is 54.1 Å². The van der Waals surface area contributed by atoms with Gasteiger partial charge in [0.1, 0.15) is 5.75 Å². The maximum Gasteiger partial charge on any atom is 0.336 e. The molecule has 8 heteroatoms. The van der Waals surface area contributed by atoms with Gasteiger partial charge in [-0.25, -0.2) is 10.2 Å². The SMILES string of the molecule is O=C(/C=C/c1ccccc1)Oc1ccc(/C=N/NC(=O)c2ccn(Cc3ccc(Cl)cc3)n2)cc1. The Kier molecular flexibility index (Phi) is 7.83. The second-order valence-electron chi connectivity index (χ2n) is 7.46. The van der Waals surface area contributed by atoms with Crippen LogP contribution >= 0.6 is 11.6 Å². The molecule has 174 valence electrons. The van der Waals surface area contributed by atoms with Crippen molar-refractivity contribution < 1.29 is 14.3 Å². The van der Waals surface area contributed by atoms with Gasteiger partial charge in [0, 0.05) is 17.3 Å². The van der Waals surface area contributed by atoms with Crippen molar-refractivity contribution in [2.75, 3.05) is 0 Å². The van der Waals surface area contributed by atoms with Crippen LogP contribution in [0.5, 0.6) is 5.75 Å². The third-order valence-corrected chi connectivity index (χ3v) is 5.07. The number of amides is 1. The molecular formula is C27H21ClN4O3. The van der Waals surface area contributed by atoms with E-state index in [-0.39, 0.29) is 5.69 Å². The number of hydrogen-bond donors (Lipinski definition) is 1. The van der Waals surface area contributed by atoms with Crippen molar-refractivity contribution >= 4 is 35.8 Å². The first kappa shape index (κ1) is 23.7. The molecule has 35 heavy (non-hydrogen) atoms. The molecule has 0 spiro atoms. The molecule has 0 unspecified atom stereocenters. The molecule has 7 nitrogen and oxygen atoms in total. The number of hydrogen-bond acceptors (Lipinski definition) is 5. The largest absolute Gasteiger partial charge is 0.423 e. The Morgan fingerprint density at radius 1 is 0.943 bits per heavy atom. The standard InChI is InChI=1S/C27H21ClN4O3/c28-23-11-6-22(7-12-23)19-32-17-16-25(31-32)27(34)30-29-18-21-8-13-24(14-9-21)35-26(33)15-10-20-4-2-1-3-5-20/h1-18H,19H2,(H,30,34)/b15-10+,29-18+. The quantitative estimate of drug-likeness (QED) is 0.126. The fraction of sp³-hybridized carbons (Fsp3) is 0.0370. The number of halogens is 1. The molecule has 1 amide bonds. The summed E-state index contributed by atoms with van der Waals surface area (Å²) in [6.45, 7) is 0.521. The first-order valence-electron chi connectivity index (χ1n) is 10.7. The highest BCUT2D eigenvalue weighted by atomic mass is 35.5. The van der Waals surface area contributed by atoms with E-state index in [1.807, 2.05) is 54.6 Å². The van der Waals surface area contributed by atoms with Crippen LogP contribution in [0.4, 0.5) is 0 Å². The normalized spacial score (nSPS) is 11.1. The van der Waals surface area contributed by atoms with Crippen molar-refractivity contribution in [3.05, 3.63) is 125 Å². The molecule has 0 saturated carbocycles. The maximum absolute atomic E-state index is 12.3. The minimum Gasteiger partial charge on any atom is -0.423 e. The second kappa shape index (κ2) is 11.6. The van der Waals surface area contributed by atoms with Crippen LogP contribution in [-0.4, -0.2) is 27.9 Å². The van der Waals surface area contributed by atoms with Crippen molar-refractivity contribution in [1.29, 1.82) is 0 Å². The summed E-state index contributed by atoms with van der Waals surface area (Å²) in [5.41, 5.74) is 5.35. The van der Waals surface area contributed by atoms with E-state index >= 15 is 0 Å². The van der Waals surface area contributed by atoms with Crippen molar-refractivity contribution in [2.24, 2.45) is 5.10 Å². The zero-order valence-corrected chi connectivity index (χ0v) is 19.3. The van der Waals surface area contributed by atoms with Gasteiger partial charge in [-0.05, 0) is 65.2 Å². The number of esters is 1. The van der Waals surface area contributed by atoms with Crippen LogP contribution in [0, 0.1) is 0 Å². The van der Waals surface area contributed by atoms with Gasteiger partial charge < -0.3 is 4.74 Å². The molecule has 0 bridgehead atoms. The Morgan fingerprint density at radius 3 is 2.43 bits per heavy atom. The monoisotopic (exact) mass is 484 g/mol. The highest BCUT2D eigenvalue weighted by Gasteiger charge is 2.09. The fourth-order valence-electron chi connectivity index (χ4n) is 3.07. The molecule has 0 aliphatic rings. The van der Waals surface area contributed by atoms with Crippen LogP contribution in [-0.2, 0) is 11.3 Å². The van der Waals surface area contributed by atoms with E-state index in [4.69, 9.17) is 16.3 Å². The number of hydrazone groups is 1. The molecule has 0 aliphatic carbocycles. The average Bonchev–Trinajstić information content (AvgIpc) is 3.34. The summed E-state index contributed by atoms with van der Waals surface area (Å²) in [7, 11) is 0. The highest BCUT2D eigenvalue weighted by Crippen LogP contribution is 2.13. The molecule has 0 aliphatic heterocycles. The van der Waals surface area contributed by atoms with Gasteiger partial charge in [-0.2, -0.15) is 10.2 Å². The lowest BCUT2D eigenvalue weighted by molar-refractivity contribution is -0.128. The lowest BCUT2D eigenvalue weighted by atomic mass is 10.2. The zero-order valence-electron chi connectivity index (χ0n) is 18.5. The minimum absolute atomic E-state index is 0.252. The van der Waals surface area contributed by atoms with Gasteiger partial charge in [0.2, 0.25) is 0 Å². The average molecular weight is 485 g/mol. The third kappa shape index (κ3) is 7.25. The van der Waals surface area contributed by atoms with Crippen LogP contribution < -0.4 is 10.2 Å². The number of nitrogens with zero attached hydrogens (tertiary/aromatic N) is 3. The van der Waals surface area contributed by atoms with Crippen LogP contribution in [0.2, 0.25) is 5.02 Å². The first-order valence-corrected chi connectivity index (χ1v) is 11.1. The topological polar surface area (TPSA) is 85.6 Å². The van der Waals surface area contributed by atoms with Gasteiger partial charge in [0.15, 0.2) is 5.69 Å². The smallest absolute Gasteiger partial charge is 0.336 e. The summed E-state index contributed by atoms with van der Waals surface area (Å²) in [5.74, 6) is -0.495. The molecule has 3 aromatic carbocycles. The molecule has 1 N–H and O–H groups in total. The number of carbonyl (C=O) groups is 2. The Labute approximate surface area is 207 Å². The Bertz CT molecular complexity index is 1350. The number of aromatic nitrogens is 2. The van der Waals surface area contributed by atoms with Gasteiger partial charge >= 0.3 is 5.97 Å². The van der Waals surface area contributed by atoms with Crippen LogP contribution in [0.15, 0.2) is 102 Å². The molecule has 1 aromatic heterocycles. The van der Waals surface area contributed by atoms with Gasteiger partial charge in [0.05, 0.1) is 12.8 Å². The van der Waals surface area contributed by atoms with Crippen LogP contribution in [0.3, 0.4) is 0 Å². The van der Waals surface area contributed by atoms with E-state index in [0.717, 1.165) is 16.7 Å². The summed E-state index contributed by atoms with van der Waals surface area (Å²) < 4.78 is 6.95. The van der Waals surface area contributed by atoms with E-state index in [1.165, 1.54) is 12.3 Å². The van der Waals surface area contributed by atoms with Crippen molar-refractivity contribution in [1.82, 2.24) is 15.2 Å². The Balaban J connectivity index is 1.26. The predicted octanol–water partition coefficient (Wildman–Crippen LogP) is 4.97. The number of benzene rings is 3. The Hall–Kier alpha value is -4.49. The van der Waals surface area contributed by atoms with Crippen molar-refractivity contribution in [2.45, 2.75) is 6.54 Å². The lowest BCUT2D eigenvalue weighted by Gasteiger charge is -2.02.